The number of ether oxygens (including phenoxy) is 1. The monoisotopic (exact) mass is 435 g/mol. The summed E-state index contributed by atoms with van der Waals surface area (Å²) in [4.78, 5) is 27.6. The zero-order chi connectivity index (χ0) is 23.5. The molecule has 1 aliphatic rings. The molecule has 0 aliphatic carbocycles. The van der Waals surface area contributed by atoms with E-state index in [1.54, 1.807) is 24.1 Å². The van der Waals surface area contributed by atoms with Crippen LogP contribution in [0.5, 0.6) is 0 Å². The number of aliphatic hydroxyl groups excluding tert-OH is 1. The fourth-order valence-electron chi connectivity index (χ4n) is 4.06. The highest BCUT2D eigenvalue weighted by Gasteiger charge is 2.45. The largest absolute Gasteiger partial charge is 0.507 e. The van der Waals surface area contributed by atoms with Gasteiger partial charge < -0.3 is 14.7 Å². The molecule has 32 heavy (non-hydrogen) atoms. The third-order valence-corrected chi connectivity index (χ3v) is 6.02. The number of carbonyl (C=O) groups is 2. The second-order valence-corrected chi connectivity index (χ2v) is 9.26. The molecule has 1 fully saturated rings. The molecule has 1 heterocycles. The highest BCUT2D eigenvalue weighted by Crippen LogP contribution is 2.40. The number of Topliss-reactive ketones (excluding diaryl/α,β-unsaturated/α-hetero) is 1. The van der Waals surface area contributed by atoms with Crippen molar-refractivity contribution in [2.45, 2.75) is 52.0 Å². The smallest absolute Gasteiger partial charge is 0.295 e. The molecule has 1 saturated heterocycles. The van der Waals surface area contributed by atoms with Crippen LogP contribution in [-0.4, -0.2) is 42.0 Å². The van der Waals surface area contributed by atoms with Gasteiger partial charge in [-0.2, -0.15) is 0 Å². The number of ketones is 1. The molecule has 0 radical (unpaired) electrons. The summed E-state index contributed by atoms with van der Waals surface area (Å²) in [5.74, 6) is -1.37. The highest BCUT2D eigenvalue weighted by molar-refractivity contribution is 6.46. The molecular weight excluding hydrogens is 402 g/mol. The van der Waals surface area contributed by atoms with Gasteiger partial charge in [0.2, 0.25) is 0 Å². The molecule has 0 aromatic heterocycles. The molecule has 1 aliphatic heterocycles. The van der Waals surface area contributed by atoms with Crippen LogP contribution in [-0.2, 0) is 26.2 Å². The summed E-state index contributed by atoms with van der Waals surface area (Å²) in [6, 6.07) is 14.8. The summed E-state index contributed by atoms with van der Waals surface area (Å²) in [7, 11) is 1.61. The van der Waals surface area contributed by atoms with Crippen molar-refractivity contribution in [3.05, 3.63) is 76.4 Å². The Morgan fingerprint density at radius 1 is 1.03 bits per heavy atom. The van der Waals surface area contributed by atoms with Crippen LogP contribution in [0, 0.1) is 0 Å². The Kier molecular flexibility index (Phi) is 7.19. The van der Waals surface area contributed by atoms with Crippen LogP contribution in [0.4, 0.5) is 0 Å². The maximum Gasteiger partial charge on any atom is 0.295 e. The van der Waals surface area contributed by atoms with Crippen molar-refractivity contribution < 1.29 is 19.4 Å². The summed E-state index contributed by atoms with van der Waals surface area (Å²) in [6.45, 7) is 9.32. The second-order valence-electron chi connectivity index (χ2n) is 9.26. The van der Waals surface area contributed by atoms with Crippen molar-refractivity contribution in [3.63, 3.8) is 0 Å². The quantitative estimate of drug-likeness (QED) is 0.287. The van der Waals surface area contributed by atoms with Crippen LogP contribution in [0.15, 0.2) is 54.1 Å². The SMILES string of the molecule is CCc1ccc(/C(O)=C2/C(=O)C(=O)N(CCCOC)C2c2ccc(C(C)(C)C)cc2)cc1. The van der Waals surface area contributed by atoms with E-state index in [0.717, 1.165) is 23.1 Å². The van der Waals surface area contributed by atoms with Gasteiger partial charge in [-0.15, -0.1) is 0 Å². The Labute approximate surface area is 190 Å². The number of likely N-dealkylation sites (tertiary alicyclic amines) is 1. The number of hydrogen-bond donors (Lipinski definition) is 1. The first kappa shape index (κ1) is 23.7. The number of aryl methyl sites for hydroxylation is 1. The van der Waals surface area contributed by atoms with Crippen LogP contribution < -0.4 is 0 Å². The van der Waals surface area contributed by atoms with Crippen LogP contribution in [0.25, 0.3) is 5.76 Å². The molecule has 2 aromatic rings. The van der Waals surface area contributed by atoms with E-state index in [9.17, 15) is 14.7 Å². The van der Waals surface area contributed by atoms with Gasteiger partial charge in [0.05, 0.1) is 11.6 Å². The molecule has 170 valence electrons. The molecule has 5 heteroatoms. The van der Waals surface area contributed by atoms with Gasteiger partial charge in [-0.25, -0.2) is 0 Å². The lowest BCUT2D eigenvalue weighted by Gasteiger charge is -2.26. The maximum atomic E-state index is 13.1. The van der Waals surface area contributed by atoms with Gasteiger partial charge in [0.25, 0.3) is 11.7 Å². The molecule has 1 unspecified atom stereocenters. The highest BCUT2D eigenvalue weighted by atomic mass is 16.5. The van der Waals surface area contributed by atoms with Crippen molar-refractivity contribution in [1.29, 1.82) is 0 Å². The van der Waals surface area contributed by atoms with Gasteiger partial charge in [0.1, 0.15) is 5.76 Å². The minimum atomic E-state index is -0.649. The Morgan fingerprint density at radius 3 is 2.19 bits per heavy atom. The molecule has 0 bridgehead atoms. The first-order valence-electron chi connectivity index (χ1n) is 11.2. The Hall–Kier alpha value is -2.92. The Morgan fingerprint density at radius 2 is 1.66 bits per heavy atom. The molecule has 0 saturated carbocycles. The molecule has 1 N–H and O–H groups in total. The van der Waals surface area contributed by atoms with Crippen LogP contribution in [0.1, 0.15) is 62.4 Å². The lowest BCUT2D eigenvalue weighted by molar-refractivity contribution is -0.140. The number of hydrogen-bond acceptors (Lipinski definition) is 4. The molecule has 1 atom stereocenters. The Bertz CT molecular complexity index is 997. The topological polar surface area (TPSA) is 66.8 Å². The third-order valence-electron chi connectivity index (χ3n) is 6.02. The van der Waals surface area contributed by atoms with Crippen molar-refractivity contribution in [1.82, 2.24) is 4.90 Å². The van der Waals surface area contributed by atoms with Gasteiger partial charge in [-0.1, -0.05) is 76.2 Å². The van der Waals surface area contributed by atoms with Crippen LogP contribution in [0.2, 0.25) is 0 Å². The minimum Gasteiger partial charge on any atom is -0.507 e. The standard InChI is InChI=1S/C27H33NO4/c1-6-18-8-10-20(11-9-18)24(29)22-23(19-12-14-21(15-13-19)27(2,3)4)28(16-7-17-32-5)26(31)25(22)30/h8-15,23,29H,6-7,16-17H2,1-5H3/b24-22-. The average Bonchev–Trinajstić information content (AvgIpc) is 3.03. The third kappa shape index (κ3) is 4.78. The number of rotatable bonds is 7. The van der Waals surface area contributed by atoms with Crippen molar-refractivity contribution in [2.24, 2.45) is 0 Å². The summed E-state index contributed by atoms with van der Waals surface area (Å²) < 4.78 is 5.14. The van der Waals surface area contributed by atoms with E-state index in [0.29, 0.717) is 25.1 Å². The zero-order valence-electron chi connectivity index (χ0n) is 19.6. The molecule has 3 rings (SSSR count). The summed E-state index contributed by atoms with van der Waals surface area (Å²) in [5, 5.41) is 11.1. The van der Waals surface area contributed by atoms with Crippen molar-refractivity contribution in [3.8, 4) is 0 Å². The van der Waals surface area contributed by atoms with Crippen molar-refractivity contribution >= 4 is 17.4 Å². The van der Waals surface area contributed by atoms with E-state index >= 15 is 0 Å². The van der Waals surface area contributed by atoms with Gasteiger partial charge >= 0.3 is 0 Å². The van der Waals surface area contributed by atoms with E-state index in [4.69, 9.17) is 4.74 Å². The molecule has 1 amide bonds. The second kappa shape index (κ2) is 9.70. The van der Waals surface area contributed by atoms with Gasteiger partial charge in [-0.3, -0.25) is 9.59 Å². The molecular formula is C27H33NO4. The predicted molar refractivity (Wildman–Crippen MR) is 126 cm³/mol. The van der Waals surface area contributed by atoms with E-state index in [2.05, 4.69) is 27.7 Å². The van der Waals surface area contributed by atoms with Crippen molar-refractivity contribution in [2.75, 3.05) is 20.3 Å². The fourth-order valence-corrected chi connectivity index (χ4v) is 4.06. The van der Waals surface area contributed by atoms with Crippen LogP contribution in [0.3, 0.4) is 0 Å². The number of amides is 1. The fraction of sp³-hybridized carbons (Fsp3) is 0.407. The lowest BCUT2D eigenvalue weighted by atomic mass is 9.85. The number of nitrogens with zero attached hydrogens (tertiary/aromatic N) is 1. The van der Waals surface area contributed by atoms with Gasteiger partial charge in [-0.05, 0) is 34.9 Å². The number of benzene rings is 2. The lowest BCUT2D eigenvalue weighted by Crippen LogP contribution is -2.31. The van der Waals surface area contributed by atoms with E-state index in [-0.39, 0.29) is 16.7 Å². The first-order chi connectivity index (χ1) is 15.2. The minimum absolute atomic E-state index is 0.0141. The summed E-state index contributed by atoms with van der Waals surface area (Å²) in [6.07, 6.45) is 1.48. The molecule has 2 aromatic carbocycles. The van der Waals surface area contributed by atoms with Crippen LogP contribution >= 0.6 is 0 Å². The molecule has 5 nitrogen and oxygen atoms in total. The number of aliphatic hydroxyl groups is 1. The first-order valence-corrected chi connectivity index (χ1v) is 11.2. The Balaban J connectivity index is 2.10. The summed E-state index contributed by atoms with van der Waals surface area (Å²) >= 11 is 0. The number of methoxy groups -OCH3 is 1. The van der Waals surface area contributed by atoms with Gasteiger partial charge in [0.15, 0.2) is 0 Å². The summed E-state index contributed by atoms with van der Waals surface area (Å²) in [5.41, 5.74) is 3.76. The maximum absolute atomic E-state index is 13.1. The van der Waals surface area contributed by atoms with E-state index in [1.807, 2.05) is 36.4 Å². The normalized spacial score (nSPS) is 18.4. The van der Waals surface area contributed by atoms with E-state index < -0.39 is 17.7 Å². The van der Waals surface area contributed by atoms with Gasteiger partial charge in [0, 0.05) is 25.8 Å². The molecule has 0 spiro atoms. The predicted octanol–water partition coefficient (Wildman–Crippen LogP) is 5.00. The number of carbonyl (C=O) groups excluding carboxylic acids is 2. The zero-order valence-corrected chi connectivity index (χ0v) is 19.6. The van der Waals surface area contributed by atoms with E-state index in [1.165, 1.54) is 0 Å². The average molecular weight is 436 g/mol.